The number of aliphatic carboxylic acids is 1. The molecule has 3 heterocycles. The normalized spacial score (nSPS) is 16.6. The van der Waals surface area contributed by atoms with Crippen molar-refractivity contribution in [2.45, 2.75) is 62.8 Å². The Morgan fingerprint density at radius 1 is 1.29 bits per heavy atom. The number of fused-ring (bicyclic) bond motifs is 1. The van der Waals surface area contributed by atoms with Gasteiger partial charge in [0.05, 0.1) is 22.3 Å². The summed E-state index contributed by atoms with van der Waals surface area (Å²) in [6, 6.07) is 4.24. The van der Waals surface area contributed by atoms with Crippen molar-refractivity contribution in [1.82, 2.24) is 15.3 Å². The first kappa shape index (κ1) is 25.3. The smallest absolute Gasteiger partial charge is 0.326 e. The molecule has 1 fully saturated rings. The molecule has 0 unspecified atom stereocenters. The Kier molecular flexibility index (Phi) is 8.18. The summed E-state index contributed by atoms with van der Waals surface area (Å²) >= 11 is 6.09. The number of nitrogens with zero attached hydrogens (tertiary/aromatic N) is 2. The number of amides is 1. The van der Waals surface area contributed by atoms with Crippen molar-refractivity contribution >= 4 is 29.3 Å². The first-order valence-electron chi connectivity index (χ1n) is 12.0. The molecule has 188 valence electrons. The molecule has 0 spiro atoms. The van der Waals surface area contributed by atoms with Crippen LogP contribution in [0.1, 0.15) is 55.5 Å². The van der Waals surface area contributed by atoms with Gasteiger partial charge in [-0.25, -0.2) is 14.2 Å². The lowest BCUT2D eigenvalue weighted by Crippen LogP contribution is -2.46. The fourth-order valence-corrected chi connectivity index (χ4v) is 4.67. The summed E-state index contributed by atoms with van der Waals surface area (Å²) in [5.41, 5.74) is 1.60. The third kappa shape index (κ3) is 6.27. The number of aryl methyl sites for hydroxylation is 2. The molecule has 35 heavy (non-hydrogen) atoms. The van der Waals surface area contributed by atoms with Crippen molar-refractivity contribution in [2.75, 3.05) is 25.1 Å². The van der Waals surface area contributed by atoms with Gasteiger partial charge in [0, 0.05) is 31.9 Å². The highest BCUT2D eigenvalue weighted by Crippen LogP contribution is 2.49. The molecule has 2 aromatic rings. The number of hydrogen-bond donors (Lipinski definition) is 3. The van der Waals surface area contributed by atoms with Crippen LogP contribution < -0.4 is 10.6 Å². The van der Waals surface area contributed by atoms with E-state index in [9.17, 15) is 19.1 Å². The monoisotopic (exact) mass is 504 g/mol. The van der Waals surface area contributed by atoms with Crippen LogP contribution in [0.5, 0.6) is 0 Å². The fourth-order valence-electron chi connectivity index (χ4n) is 4.34. The van der Waals surface area contributed by atoms with Crippen LogP contribution in [0.2, 0.25) is 5.02 Å². The zero-order chi connectivity index (χ0) is 24.8. The van der Waals surface area contributed by atoms with Crippen molar-refractivity contribution in [3.8, 4) is 0 Å². The standard InChI is InChI=1S/C25H30ClFN4O4/c26-19-14-17(27)15-29-21(19)25(9-10-25)24(34)31-20(23(32)33)8-13-35-12-2-1-5-18-7-6-16-4-3-11-28-22(16)30-18/h6-7,14-15,20H,1-5,8-13H2,(H,28,30)(H,31,34)(H,32,33)/t20-/m0/s1. The molecule has 0 radical (unpaired) electrons. The molecule has 1 amide bonds. The van der Waals surface area contributed by atoms with Gasteiger partial charge in [-0.2, -0.15) is 0 Å². The first-order valence-corrected chi connectivity index (χ1v) is 12.4. The summed E-state index contributed by atoms with van der Waals surface area (Å²) < 4.78 is 18.9. The van der Waals surface area contributed by atoms with Crippen LogP contribution in [0, 0.1) is 5.82 Å². The zero-order valence-corrected chi connectivity index (χ0v) is 20.2. The summed E-state index contributed by atoms with van der Waals surface area (Å²) in [7, 11) is 0. The molecule has 2 aromatic heterocycles. The maximum Gasteiger partial charge on any atom is 0.326 e. The third-order valence-electron chi connectivity index (χ3n) is 6.52. The number of halogens is 2. The van der Waals surface area contributed by atoms with Gasteiger partial charge in [0.25, 0.3) is 0 Å². The van der Waals surface area contributed by atoms with Gasteiger partial charge in [-0.15, -0.1) is 0 Å². The van der Waals surface area contributed by atoms with Crippen LogP contribution in [-0.4, -0.2) is 52.8 Å². The predicted molar refractivity (Wildman–Crippen MR) is 129 cm³/mol. The van der Waals surface area contributed by atoms with Crippen LogP contribution >= 0.6 is 11.6 Å². The van der Waals surface area contributed by atoms with Gasteiger partial charge in [-0.1, -0.05) is 17.7 Å². The molecular weight excluding hydrogens is 475 g/mol. The minimum absolute atomic E-state index is 0.0645. The Bertz CT molecular complexity index is 1080. The number of pyridine rings is 2. The highest BCUT2D eigenvalue weighted by Gasteiger charge is 2.54. The Labute approximate surface area is 208 Å². The number of ether oxygens (including phenoxy) is 1. The second-order valence-electron chi connectivity index (χ2n) is 9.13. The van der Waals surface area contributed by atoms with E-state index in [1.807, 2.05) is 0 Å². The number of carboxylic acid groups (broad SMARTS) is 1. The molecule has 1 saturated carbocycles. The van der Waals surface area contributed by atoms with Crippen LogP contribution in [0.15, 0.2) is 24.4 Å². The average Bonchev–Trinajstić information content (AvgIpc) is 3.64. The molecule has 8 nitrogen and oxygen atoms in total. The predicted octanol–water partition coefficient (Wildman–Crippen LogP) is 3.66. The van der Waals surface area contributed by atoms with Gasteiger partial charge in [0.2, 0.25) is 5.91 Å². The SMILES string of the molecule is O=C(O)[C@H](CCOCCCCc1ccc2c(n1)NCCC2)NC(=O)C1(c2ncc(F)cc2Cl)CC1. The zero-order valence-electron chi connectivity index (χ0n) is 19.5. The van der Waals surface area contributed by atoms with E-state index in [-0.39, 0.29) is 23.7 Å². The fraction of sp³-hybridized carbons (Fsp3) is 0.520. The molecule has 2 aliphatic rings. The van der Waals surface area contributed by atoms with Gasteiger partial charge in [0.15, 0.2) is 0 Å². The van der Waals surface area contributed by atoms with Gasteiger partial charge in [-0.3, -0.25) is 9.78 Å². The van der Waals surface area contributed by atoms with E-state index < -0.39 is 29.2 Å². The van der Waals surface area contributed by atoms with Crippen LogP contribution in [0.25, 0.3) is 0 Å². The van der Waals surface area contributed by atoms with Gasteiger partial charge in [-0.05, 0) is 62.6 Å². The van der Waals surface area contributed by atoms with Crippen molar-refractivity contribution in [3.63, 3.8) is 0 Å². The van der Waals surface area contributed by atoms with Crippen LogP contribution in [0.3, 0.4) is 0 Å². The van der Waals surface area contributed by atoms with Gasteiger partial charge in [0.1, 0.15) is 17.7 Å². The van der Waals surface area contributed by atoms with Crippen molar-refractivity contribution in [2.24, 2.45) is 0 Å². The second-order valence-corrected chi connectivity index (χ2v) is 9.54. The molecule has 0 saturated heterocycles. The number of carbonyl (C=O) groups is 2. The third-order valence-corrected chi connectivity index (χ3v) is 6.81. The Balaban J connectivity index is 1.18. The lowest BCUT2D eigenvalue weighted by Gasteiger charge is -2.20. The molecule has 0 aromatic carbocycles. The number of aromatic nitrogens is 2. The molecular formula is C25H30ClFN4O4. The topological polar surface area (TPSA) is 113 Å². The van der Waals surface area contributed by atoms with E-state index in [1.165, 1.54) is 5.56 Å². The van der Waals surface area contributed by atoms with E-state index in [2.05, 4.69) is 32.7 Å². The van der Waals surface area contributed by atoms with Crippen molar-refractivity contribution < 1.29 is 23.8 Å². The van der Waals surface area contributed by atoms with E-state index >= 15 is 0 Å². The average molecular weight is 505 g/mol. The highest BCUT2D eigenvalue weighted by atomic mass is 35.5. The maximum absolute atomic E-state index is 13.3. The minimum atomic E-state index is -1.14. The summed E-state index contributed by atoms with van der Waals surface area (Å²) in [6.45, 7) is 1.68. The number of carboxylic acids is 1. The molecule has 0 bridgehead atoms. The molecule has 1 aliphatic heterocycles. The molecule has 10 heteroatoms. The quantitative estimate of drug-likeness (QED) is 0.378. The number of carbonyl (C=O) groups excluding carboxylic acids is 1. The number of anilines is 1. The summed E-state index contributed by atoms with van der Waals surface area (Å²) in [4.78, 5) is 33.2. The summed E-state index contributed by atoms with van der Waals surface area (Å²) in [5.74, 6) is -1.19. The Morgan fingerprint density at radius 3 is 2.86 bits per heavy atom. The number of nitrogens with one attached hydrogen (secondary N) is 2. The van der Waals surface area contributed by atoms with E-state index in [1.54, 1.807) is 0 Å². The first-order chi connectivity index (χ1) is 16.9. The second kappa shape index (κ2) is 11.3. The maximum atomic E-state index is 13.3. The van der Waals surface area contributed by atoms with E-state index in [0.717, 1.165) is 62.4 Å². The lowest BCUT2D eigenvalue weighted by molar-refractivity contribution is -0.142. The Morgan fingerprint density at radius 2 is 2.11 bits per heavy atom. The molecule has 1 aliphatic carbocycles. The molecule has 1 atom stereocenters. The van der Waals surface area contributed by atoms with Gasteiger partial charge < -0.3 is 20.5 Å². The van der Waals surface area contributed by atoms with Gasteiger partial charge >= 0.3 is 5.97 Å². The minimum Gasteiger partial charge on any atom is -0.480 e. The number of rotatable bonds is 12. The van der Waals surface area contributed by atoms with E-state index in [4.69, 9.17) is 16.3 Å². The van der Waals surface area contributed by atoms with Crippen molar-refractivity contribution in [3.05, 3.63) is 52.2 Å². The van der Waals surface area contributed by atoms with E-state index in [0.29, 0.717) is 19.4 Å². The summed E-state index contributed by atoms with van der Waals surface area (Å²) in [5, 5.41) is 15.5. The Hall–Kier alpha value is -2.78. The number of hydrogen-bond acceptors (Lipinski definition) is 6. The van der Waals surface area contributed by atoms with Crippen LogP contribution in [0.4, 0.5) is 10.2 Å². The van der Waals surface area contributed by atoms with Crippen molar-refractivity contribution in [1.29, 1.82) is 0 Å². The number of unbranched alkanes of at least 4 members (excludes halogenated alkanes) is 1. The molecule has 3 N–H and O–H groups in total. The molecule has 4 rings (SSSR count). The largest absolute Gasteiger partial charge is 0.480 e. The van der Waals surface area contributed by atoms with Crippen LogP contribution in [-0.2, 0) is 32.6 Å². The summed E-state index contributed by atoms with van der Waals surface area (Å²) in [6.07, 6.45) is 6.92. The lowest BCUT2D eigenvalue weighted by atomic mass is 9.99. The highest BCUT2D eigenvalue weighted by molar-refractivity contribution is 6.31.